The monoisotopic (exact) mass is 296 g/mol. The van der Waals surface area contributed by atoms with Crippen LogP contribution in [-0.2, 0) is 4.79 Å². The van der Waals surface area contributed by atoms with Gasteiger partial charge in [-0.1, -0.05) is 29.8 Å². The lowest BCUT2D eigenvalue weighted by molar-refractivity contribution is -0.137. The lowest BCUT2D eigenvalue weighted by Gasteiger charge is -2.24. The van der Waals surface area contributed by atoms with Gasteiger partial charge in [-0.3, -0.25) is 4.79 Å². The molecule has 1 atom stereocenters. The molecule has 0 radical (unpaired) electrons. The molecule has 0 aromatic heterocycles. The number of hydrogen-bond acceptors (Lipinski definition) is 2. The molecule has 1 aromatic carbocycles. The Balaban J connectivity index is 2.02. The fourth-order valence-electron chi connectivity index (χ4n) is 2.07. The van der Waals surface area contributed by atoms with E-state index in [1.54, 1.807) is 6.07 Å². The molecule has 1 fully saturated rings. The summed E-state index contributed by atoms with van der Waals surface area (Å²) in [6, 6.07) is 6.68. The van der Waals surface area contributed by atoms with E-state index in [2.05, 4.69) is 5.32 Å². The molecule has 108 valence electrons. The summed E-state index contributed by atoms with van der Waals surface area (Å²) < 4.78 is 0. The minimum atomic E-state index is -1.00. The van der Waals surface area contributed by atoms with E-state index in [0.29, 0.717) is 5.02 Å². The Hall–Kier alpha value is -1.75. The van der Waals surface area contributed by atoms with Gasteiger partial charge in [-0.2, -0.15) is 0 Å². The summed E-state index contributed by atoms with van der Waals surface area (Å²) in [6.45, 7) is 1.55. The molecule has 1 aromatic rings. The minimum Gasteiger partial charge on any atom is -0.480 e. The van der Waals surface area contributed by atoms with E-state index in [-0.39, 0.29) is 24.7 Å². The van der Waals surface area contributed by atoms with Crippen molar-refractivity contribution in [1.82, 2.24) is 10.2 Å². The first-order valence-corrected chi connectivity index (χ1v) is 6.90. The van der Waals surface area contributed by atoms with Crippen molar-refractivity contribution < 1.29 is 14.7 Å². The number of carboxylic acids is 1. The zero-order valence-corrected chi connectivity index (χ0v) is 11.9. The molecule has 20 heavy (non-hydrogen) atoms. The average molecular weight is 297 g/mol. The predicted molar refractivity (Wildman–Crippen MR) is 75.8 cm³/mol. The zero-order chi connectivity index (χ0) is 14.7. The Morgan fingerprint density at radius 3 is 2.65 bits per heavy atom. The van der Waals surface area contributed by atoms with Crippen molar-refractivity contribution in [2.75, 3.05) is 6.54 Å². The van der Waals surface area contributed by atoms with Crippen LogP contribution < -0.4 is 5.32 Å². The van der Waals surface area contributed by atoms with Crippen LogP contribution in [-0.4, -0.2) is 34.6 Å². The average Bonchev–Trinajstić information content (AvgIpc) is 3.20. The zero-order valence-electron chi connectivity index (χ0n) is 11.2. The van der Waals surface area contributed by atoms with Crippen molar-refractivity contribution in [3.8, 4) is 0 Å². The molecule has 1 saturated carbocycles. The number of carbonyl (C=O) groups is 2. The van der Waals surface area contributed by atoms with E-state index in [0.717, 1.165) is 18.4 Å². The molecule has 0 bridgehead atoms. The van der Waals surface area contributed by atoms with Gasteiger partial charge >= 0.3 is 12.0 Å². The molecule has 2 amide bonds. The van der Waals surface area contributed by atoms with E-state index >= 15 is 0 Å². The van der Waals surface area contributed by atoms with Crippen LogP contribution in [0.25, 0.3) is 0 Å². The molecular weight excluding hydrogens is 280 g/mol. The van der Waals surface area contributed by atoms with Crippen LogP contribution in [0.5, 0.6) is 0 Å². The lowest BCUT2D eigenvalue weighted by Crippen LogP contribution is -2.44. The lowest BCUT2D eigenvalue weighted by atomic mass is 10.1. The maximum absolute atomic E-state index is 12.2. The Bertz CT molecular complexity index is 517. The van der Waals surface area contributed by atoms with E-state index < -0.39 is 5.97 Å². The Morgan fingerprint density at radius 1 is 1.45 bits per heavy atom. The van der Waals surface area contributed by atoms with Gasteiger partial charge in [0.25, 0.3) is 0 Å². The van der Waals surface area contributed by atoms with Crippen LogP contribution in [0.2, 0.25) is 5.02 Å². The highest BCUT2D eigenvalue weighted by molar-refractivity contribution is 6.31. The largest absolute Gasteiger partial charge is 0.480 e. The third-order valence-corrected chi connectivity index (χ3v) is 3.61. The van der Waals surface area contributed by atoms with Gasteiger partial charge in [0.15, 0.2) is 0 Å². The molecule has 1 unspecified atom stereocenters. The van der Waals surface area contributed by atoms with Crippen molar-refractivity contribution in [2.24, 2.45) is 0 Å². The van der Waals surface area contributed by atoms with Gasteiger partial charge in [0.2, 0.25) is 0 Å². The Labute approximate surface area is 122 Å². The second kappa shape index (κ2) is 6.13. The van der Waals surface area contributed by atoms with Crippen LogP contribution >= 0.6 is 11.6 Å². The number of carbonyl (C=O) groups excluding carboxylic acids is 1. The molecule has 0 saturated heterocycles. The number of carboxylic acid groups (broad SMARTS) is 1. The first-order valence-electron chi connectivity index (χ1n) is 6.52. The molecule has 1 aliphatic carbocycles. The normalized spacial score (nSPS) is 15.5. The maximum Gasteiger partial charge on any atom is 0.323 e. The molecule has 0 heterocycles. The number of nitrogens with one attached hydrogen (secondary N) is 1. The quantitative estimate of drug-likeness (QED) is 0.877. The third kappa shape index (κ3) is 3.63. The molecule has 2 rings (SSSR count). The number of urea groups is 1. The number of amides is 2. The van der Waals surface area contributed by atoms with Crippen molar-refractivity contribution in [3.05, 3.63) is 34.9 Å². The van der Waals surface area contributed by atoms with Gasteiger partial charge in [0.1, 0.15) is 6.54 Å². The summed E-state index contributed by atoms with van der Waals surface area (Å²) in [7, 11) is 0. The number of benzene rings is 1. The highest BCUT2D eigenvalue weighted by Crippen LogP contribution is 2.28. The number of rotatable bonds is 5. The number of hydrogen-bond donors (Lipinski definition) is 2. The van der Waals surface area contributed by atoms with Crippen molar-refractivity contribution in [1.29, 1.82) is 0 Å². The first kappa shape index (κ1) is 14.7. The number of aliphatic carboxylic acids is 1. The first-order chi connectivity index (χ1) is 9.49. The standard InChI is InChI=1S/C14H17ClN2O3/c1-9(11-4-2-3-5-12(11)15)16-14(20)17(8-13(18)19)10-6-7-10/h2-5,9-10H,6-8H2,1H3,(H,16,20)(H,18,19). The molecule has 6 heteroatoms. The third-order valence-electron chi connectivity index (χ3n) is 3.27. The maximum atomic E-state index is 12.2. The van der Waals surface area contributed by atoms with Crippen LogP contribution in [0.1, 0.15) is 31.4 Å². The summed E-state index contributed by atoms with van der Waals surface area (Å²) >= 11 is 6.08. The summed E-state index contributed by atoms with van der Waals surface area (Å²) in [6.07, 6.45) is 1.72. The smallest absolute Gasteiger partial charge is 0.323 e. The van der Waals surface area contributed by atoms with Gasteiger partial charge in [-0.25, -0.2) is 4.79 Å². The van der Waals surface area contributed by atoms with Gasteiger partial charge in [0, 0.05) is 11.1 Å². The summed E-state index contributed by atoms with van der Waals surface area (Å²) in [5, 5.41) is 12.2. The van der Waals surface area contributed by atoms with E-state index in [1.165, 1.54) is 4.90 Å². The Morgan fingerprint density at radius 2 is 2.10 bits per heavy atom. The second-order valence-corrected chi connectivity index (χ2v) is 5.35. The summed E-state index contributed by atoms with van der Waals surface area (Å²) in [5.41, 5.74) is 0.814. The molecule has 5 nitrogen and oxygen atoms in total. The summed E-state index contributed by atoms with van der Waals surface area (Å²) in [4.78, 5) is 24.3. The molecule has 0 spiro atoms. The fourth-order valence-corrected chi connectivity index (χ4v) is 2.37. The van der Waals surface area contributed by atoms with E-state index in [9.17, 15) is 9.59 Å². The number of halogens is 1. The fraction of sp³-hybridized carbons (Fsp3) is 0.429. The van der Waals surface area contributed by atoms with Gasteiger partial charge in [-0.15, -0.1) is 0 Å². The topological polar surface area (TPSA) is 69.6 Å². The molecule has 1 aliphatic rings. The highest BCUT2D eigenvalue weighted by atomic mass is 35.5. The molecular formula is C14H17ClN2O3. The van der Waals surface area contributed by atoms with Crippen LogP contribution in [0.15, 0.2) is 24.3 Å². The van der Waals surface area contributed by atoms with Crippen LogP contribution in [0, 0.1) is 0 Å². The van der Waals surface area contributed by atoms with E-state index in [4.69, 9.17) is 16.7 Å². The minimum absolute atomic E-state index is 0.0459. The van der Waals surface area contributed by atoms with E-state index in [1.807, 2.05) is 25.1 Å². The molecule has 2 N–H and O–H groups in total. The predicted octanol–water partition coefficient (Wildman–Crippen LogP) is 2.66. The SMILES string of the molecule is CC(NC(=O)N(CC(=O)O)C1CC1)c1ccccc1Cl. The van der Waals surface area contributed by atoms with Gasteiger partial charge in [0.05, 0.1) is 6.04 Å². The number of nitrogens with zero attached hydrogens (tertiary/aromatic N) is 1. The van der Waals surface area contributed by atoms with Crippen molar-refractivity contribution in [2.45, 2.75) is 31.8 Å². The summed E-state index contributed by atoms with van der Waals surface area (Å²) in [5.74, 6) is -1.00. The molecule has 0 aliphatic heterocycles. The van der Waals surface area contributed by atoms with Crippen molar-refractivity contribution >= 4 is 23.6 Å². The van der Waals surface area contributed by atoms with Gasteiger partial charge in [-0.05, 0) is 31.4 Å². The van der Waals surface area contributed by atoms with Crippen molar-refractivity contribution in [3.63, 3.8) is 0 Å². The Kier molecular flexibility index (Phi) is 4.49. The van der Waals surface area contributed by atoms with Gasteiger partial charge < -0.3 is 15.3 Å². The highest BCUT2D eigenvalue weighted by Gasteiger charge is 2.34. The second-order valence-electron chi connectivity index (χ2n) is 4.95. The van der Waals surface area contributed by atoms with Crippen LogP contribution in [0.3, 0.4) is 0 Å². The van der Waals surface area contributed by atoms with Crippen LogP contribution in [0.4, 0.5) is 4.79 Å².